The molecule has 0 unspecified atom stereocenters. The number of carbonyl (C=O) groups is 2. The Morgan fingerprint density at radius 1 is 1.15 bits per heavy atom. The number of hydrogen-bond acceptors (Lipinski definition) is 5. The molecule has 2 rings (SSSR count). The van der Waals surface area contributed by atoms with Gasteiger partial charge in [0, 0.05) is 18.4 Å². The molecule has 0 saturated heterocycles. The highest BCUT2D eigenvalue weighted by Crippen LogP contribution is 2.22. The van der Waals surface area contributed by atoms with Gasteiger partial charge in [0.2, 0.25) is 6.41 Å². The minimum Gasteiger partial charge on any atom is -0.457 e. The van der Waals surface area contributed by atoms with Crippen LogP contribution >= 0.6 is 0 Å². The molecular weight excluding hydrogens is 344 g/mol. The number of nitrogens with one attached hydrogen (secondary N) is 1. The molecular formula is C20H20N4O3. The van der Waals surface area contributed by atoms with Crippen molar-refractivity contribution in [2.45, 2.75) is 6.42 Å². The molecule has 0 bridgehead atoms. The van der Waals surface area contributed by atoms with Crippen LogP contribution in [0.3, 0.4) is 0 Å². The van der Waals surface area contributed by atoms with Gasteiger partial charge in [0.05, 0.1) is 0 Å². The third-order valence-electron chi connectivity index (χ3n) is 3.51. The maximum absolute atomic E-state index is 12.2. The van der Waals surface area contributed by atoms with Crippen molar-refractivity contribution in [3.05, 3.63) is 66.4 Å². The van der Waals surface area contributed by atoms with Gasteiger partial charge in [-0.25, -0.2) is 0 Å². The van der Waals surface area contributed by atoms with Crippen molar-refractivity contribution in [1.29, 1.82) is 5.26 Å². The zero-order valence-corrected chi connectivity index (χ0v) is 14.7. The number of para-hydroxylation sites is 1. The van der Waals surface area contributed by atoms with Crippen molar-refractivity contribution in [3.63, 3.8) is 0 Å². The maximum Gasteiger partial charge on any atom is 0.267 e. The summed E-state index contributed by atoms with van der Waals surface area (Å²) in [5, 5.41) is 11.8. The second kappa shape index (κ2) is 10.4. The summed E-state index contributed by atoms with van der Waals surface area (Å²) in [5.74, 6) is 0.716. The Kier molecular flexibility index (Phi) is 7.57. The molecule has 0 atom stereocenters. The number of benzene rings is 2. The van der Waals surface area contributed by atoms with E-state index in [1.165, 1.54) is 11.1 Å². The largest absolute Gasteiger partial charge is 0.457 e. The summed E-state index contributed by atoms with van der Waals surface area (Å²) in [4.78, 5) is 24.5. The molecule has 138 valence electrons. The number of nitrogens with zero attached hydrogens (tertiary/aromatic N) is 2. The van der Waals surface area contributed by atoms with Gasteiger partial charge < -0.3 is 20.7 Å². The predicted molar refractivity (Wildman–Crippen MR) is 102 cm³/mol. The lowest BCUT2D eigenvalue weighted by atomic mass is 10.2. The van der Waals surface area contributed by atoms with E-state index in [4.69, 9.17) is 10.5 Å². The third-order valence-corrected chi connectivity index (χ3v) is 3.51. The molecule has 0 fully saturated rings. The Balaban J connectivity index is 2.01. The first-order valence-electron chi connectivity index (χ1n) is 8.33. The van der Waals surface area contributed by atoms with Gasteiger partial charge in [0.25, 0.3) is 5.91 Å². The highest BCUT2D eigenvalue weighted by molar-refractivity contribution is 6.06. The first-order valence-corrected chi connectivity index (χ1v) is 8.33. The van der Waals surface area contributed by atoms with Crippen LogP contribution in [0.1, 0.15) is 6.42 Å². The first-order chi connectivity index (χ1) is 13.2. The number of nitrogens with two attached hydrogens (primary N) is 1. The van der Waals surface area contributed by atoms with E-state index in [9.17, 15) is 14.9 Å². The lowest BCUT2D eigenvalue weighted by Crippen LogP contribution is -2.22. The van der Waals surface area contributed by atoms with Gasteiger partial charge in [0.15, 0.2) is 0 Å². The van der Waals surface area contributed by atoms with E-state index in [1.807, 2.05) is 30.3 Å². The summed E-state index contributed by atoms with van der Waals surface area (Å²) in [7, 11) is 0. The SMILES string of the molecule is N#C/C(=C/N(C=O)CCCN)C(=O)Nc1ccc(Oc2ccccc2)cc1. The number of hydrogen-bond donors (Lipinski definition) is 2. The van der Waals surface area contributed by atoms with Gasteiger partial charge in [0.1, 0.15) is 23.1 Å². The Morgan fingerprint density at radius 3 is 2.41 bits per heavy atom. The molecule has 27 heavy (non-hydrogen) atoms. The van der Waals surface area contributed by atoms with E-state index in [0.29, 0.717) is 43.1 Å². The predicted octanol–water partition coefficient (Wildman–Crippen LogP) is 2.63. The van der Waals surface area contributed by atoms with E-state index in [-0.39, 0.29) is 5.57 Å². The molecule has 0 spiro atoms. The standard InChI is InChI=1S/C20H20N4O3/c21-11-4-12-24(15-25)14-16(13-22)20(26)23-17-7-9-19(10-8-17)27-18-5-2-1-3-6-18/h1-3,5-10,14-15H,4,11-12,21H2,(H,23,26)/b16-14-. The highest BCUT2D eigenvalue weighted by atomic mass is 16.5. The number of amides is 2. The van der Waals surface area contributed by atoms with Gasteiger partial charge in [-0.15, -0.1) is 0 Å². The van der Waals surface area contributed by atoms with Crippen LogP contribution in [0.5, 0.6) is 11.5 Å². The molecule has 7 heteroatoms. The second-order valence-electron chi connectivity index (χ2n) is 5.53. The fraction of sp³-hybridized carbons (Fsp3) is 0.150. The Hall–Kier alpha value is -3.63. The first kappa shape index (κ1) is 19.7. The van der Waals surface area contributed by atoms with Gasteiger partial charge in [-0.1, -0.05) is 18.2 Å². The fourth-order valence-electron chi connectivity index (χ4n) is 2.15. The van der Waals surface area contributed by atoms with Crippen molar-refractivity contribution >= 4 is 18.0 Å². The quantitative estimate of drug-likeness (QED) is 0.404. The molecule has 0 aliphatic heterocycles. The smallest absolute Gasteiger partial charge is 0.267 e. The van der Waals surface area contributed by atoms with E-state index in [0.717, 1.165) is 0 Å². The molecule has 2 aromatic rings. The van der Waals surface area contributed by atoms with Crippen LogP contribution in [-0.4, -0.2) is 30.3 Å². The monoisotopic (exact) mass is 364 g/mol. The van der Waals surface area contributed by atoms with E-state index in [1.54, 1.807) is 30.3 Å². The van der Waals surface area contributed by atoms with Crippen LogP contribution in [0.2, 0.25) is 0 Å². The van der Waals surface area contributed by atoms with Crippen LogP contribution in [0, 0.1) is 11.3 Å². The fourth-order valence-corrected chi connectivity index (χ4v) is 2.15. The summed E-state index contributed by atoms with van der Waals surface area (Å²) in [5.41, 5.74) is 5.72. The zero-order valence-electron chi connectivity index (χ0n) is 14.7. The molecule has 3 N–H and O–H groups in total. The third kappa shape index (κ3) is 6.30. The summed E-state index contributed by atoms with van der Waals surface area (Å²) in [6.45, 7) is 0.744. The van der Waals surface area contributed by atoms with Crippen molar-refractivity contribution in [1.82, 2.24) is 4.90 Å². The molecule has 2 amide bonds. The molecule has 0 radical (unpaired) electrons. The van der Waals surface area contributed by atoms with Crippen molar-refractivity contribution < 1.29 is 14.3 Å². The van der Waals surface area contributed by atoms with Crippen molar-refractivity contribution in [3.8, 4) is 17.6 Å². The van der Waals surface area contributed by atoms with Crippen LogP contribution < -0.4 is 15.8 Å². The maximum atomic E-state index is 12.2. The van der Waals surface area contributed by atoms with Crippen LogP contribution in [0.25, 0.3) is 0 Å². The summed E-state index contributed by atoms with van der Waals surface area (Å²) in [6, 6.07) is 17.8. The molecule has 0 saturated carbocycles. The molecule has 0 heterocycles. The average molecular weight is 364 g/mol. The van der Waals surface area contributed by atoms with E-state index >= 15 is 0 Å². The Labute approximate surface area is 157 Å². The van der Waals surface area contributed by atoms with Crippen LogP contribution in [-0.2, 0) is 9.59 Å². The number of rotatable bonds is 9. The lowest BCUT2D eigenvalue weighted by molar-refractivity contribution is -0.116. The molecule has 0 aliphatic rings. The van der Waals surface area contributed by atoms with Crippen molar-refractivity contribution in [2.75, 3.05) is 18.4 Å². The zero-order chi connectivity index (χ0) is 19.5. The van der Waals surface area contributed by atoms with Gasteiger partial charge in [-0.2, -0.15) is 5.26 Å². The van der Waals surface area contributed by atoms with Crippen molar-refractivity contribution in [2.24, 2.45) is 5.73 Å². The Morgan fingerprint density at radius 2 is 1.81 bits per heavy atom. The topological polar surface area (TPSA) is 108 Å². The molecule has 0 aromatic heterocycles. The normalized spacial score (nSPS) is 10.6. The summed E-state index contributed by atoms with van der Waals surface area (Å²) >= 11 is 0. The number of nitriles is 1. The second-order valence-corrected chi connectivity index (χ2v) is 5.53. The molecule has 2 aromatic carbocycles. The van der Waals surface area contributed by atoms with Crippen LogP contribution in [0.15, 0.2) is 66.4 Å². The molecule has 0 aliphatic carbocycles. The minimum atomic E-state index is -0.603. The van der Waals surface area contributed by atoms with Gasteiger partial charge >= 0.3 is 0 Å². The highest BCUT2D eigenvalue weighted by Gasteiger charge is 2.11. The summed E-state index contributed by atoms with van der Waals surface area (Å²) < 4.78 is 5.68. The average Bonchev–Trinajstić information content (AvgIpc) is 2.70. The summed E-state index contributed by atoms with van der Waals surface area (Å²) in [6.07, 6.45) is 2.33. The van der Waals surface area contributed by atoms with E-state index in [2.05, 4.69) is 5.32 Å². The number of anilines is 1. The van der Waals surface area contributed by atoms with Crippen LogP contribution in [0.4, 0.5) is 5.69 Å². The minimum absolute atomic E-state index is 0.177. The van der Waals surface area contributed by atoms with Gasteiger partial charge in [-0.05, 0) is 49.4 Å². The molecule has 7 nitrogen and oxygen atoms in total. The lowest BCUT2D eigenvalue weighted by Gasteiger charge is -2.12. The Bertz CT molecular complexity index is 827. The van der Waals surface area contributed by atoms with E-state index < -0.39 is 5.91 Å². The van der Waals surface area contributed by atoms with Gasteiger partial charge in [-0.3, -0.25) is 9.59 Å². The number of ether oxygens (including phenoxy) is 1. The number of carbonyl (C=O) groups excluding carboxylic acids is 2.